The first kappa shape index (κ1) is 13.5. The van der Waals surface area contributed by atoms with Crippen LogP contribution in [0, 0.1) is 0 Å². The lowest BCUT2D eigenvalue weighted by molar-refractivity contribution is 0.00381. The van der Waals surface area contributed by atoms with Crippen LogP contribution in [0.3, 0.4) is 0 Å². The summed E-state index contributed by atoms with van der Waals surface area (Å²) in [5, 5.41) is 0. The summed E-state index contributed by atoms with van der Waals surface area (Å²) in [7, 11) is 2.03. The maximum atomic E-state index is 5.94. The van der Waals surface area contributed by atoms with E-state index in [1.807, 2.05) is 19.6 Å². The van der Waals surface area contributed by atoms with Crippen LogP contribution >= 0.6 is 0 Å². The van der Waals surface area contributed by atoms with Gasteiger partial charge in [0, 0.05) is 39.5 Å². The quantitative estimate of drug-likeness (QED) is 0.846. The topological polar surface area (TPSA) is 56.3 Å². The van der Waals surface area contributed by atoms with E-state index in [-0.39, 0.29) is 6.04 Å². The second kappa shape index (κ2) is 6.31. The fourth-order valence-electron chi connectivity index (χ4n) is 2.74. The molecule has 1 unspecified atom stereocenters. The molecule has 1 aromatic heterocycles. The normalized spacial score (nSPS) is 20.2. The van der Waals surface area contributed by atoms with Crippen molar-refractivity contribution < 1.29 is 4.74 Å². The van der Waals surface area contributed by atoms with Gasteiger partial charge < -0.3 is 15.0 Å². The molecule has 5 heteroatoms. The number of piperidine rings is 1. The molecule has 2 N–H and O–H groups in total. The van der Waals surface area contributed by atoms with Gasteiger partial charge in [0.2, 0.25) is 0 Å². The Bertz CT molecular complexity index is 358. The Hall–Kier alpha value is -0.910. The first-order valence-electron chi connectivity index (χ1n) is 6.78. The molecule has 0 saturated carbocycles. The number of rotatable bonds is 5. The second-order valence-electron chi connectivity index (χ2n) is 4.87. The third-order valence-electron chi connectivity index (χ3n) is 3.74. The van der Waals surface area contributed by atoms with Crippen molar-refractivity contribution in [2.24, 2.45) is 12.8 Å². The highest BCUT2D eigenvalue weighted by Crippen LogP contribution is 2.24. The van der Waals surface area contributed by atoms with Crippen LogP contribution in [-0.2, 0) is 11.8 Å². The van der Waals surface area contributed by atoms with Crippen LogP contribution < -0.4 is 5.73 Å². The van der Waals surface area contributed by atoms with E-state index in [1.54, 1.807) is 0 Å². The summed E-state index contributed by atoms with van der Waals surface area (Å²) >= 11 is 0. The SMILES string of the molecule is CCOC1CCN(C(CN)c2cncn2C)CC1. The number of ether oxygens (including phenoxy) is 1. The number of nitrogens with zero attached hydrogens (tertiary/aromatic N) is 3. The van der Waals surface area contributed by atoms with Gasteiger partial charge in [0.15, 0.2) is 0 Å². The van der Waals surface area contributed by atoms with E-state index in [0.717, 1.165) is 32.5 Å². The Morgan fingerprint density at radius 1 is 1.50 bits per heavy atom. The molecular weight excluding hydrogens is 228 g/mol. The van der Waals surface area contributed by atoms with E-state index in [0.29, 0.717) is 12.6 Å². The fourth-order valence-corrected chi connectivity index (χ4v) is 2.74. The number of hydrogen-bond donors (Lipinski definition) is 1. The maximum Gasteiger partial charge on any atom is 0.0946 e. The summed E-state index contributed by atoms with van der Waals surface area (Å²) in [6.45, 7) is 5.62. The van der Waals surface area contributed by atoms with Gasteiger partial charge in [0.1, 0.15) is 0 Å². The minimum Gasteiger partial charge on any atom is -0.378 e. The van der Waals surface area contributed by atoms with Crippen molar-refractivity contribution in [2.45, 2.75) is 31.9 Å². The lowest BCUT2D eigenvalue weighted by atomic mass is 10.0. The Kier molecular flexibility index (Phi) is 4.74. The average molecular weight is 252 g/mol. The smallest absolute Gasteiger partial charge is 0.0946 e. The molecule has 2 rings (SSSR count). The molecule has 0 bridgehead atoms. The summed E-state index contributed by atoms with van der Waals surface area (Å²) in [5.74, 6) is 0. The largest absolute Gasteiger partial charge is 0.378 e. The summed E-state index contributed by atoms with van der Waals surface area (Å²) in [6.07, 6.45) is 6.39. The van der Waals surface area contributed by atoms with E-state index in [9.17, 15) is 0 Å². The molecule has 0 amide bonds. The number of likely N-dealkylation sites (tertiary alicyclic amines) is 1. The highest BCUT2D eigenvalue weighted by molar-refractivity contribution is 5.06. The lowest BCUT2D eigenvalue weighted by Gasteiger charge is -2.36. The molecule has 0 aliphatic carbocycles. The molecule has 1 fully saturated rings. The van der Waals surface area contributed by atoms with Crippen LogP contribution in [0.1, 0.15) is 31.5 Å². The highest BCUT2D eigenvalue weighted by atomic mass is 16.5. The zero-order valence-corrected chi connectivity index (χ0v) is 11.4. The Labute approximate surface area is 109 Å². The van der Waals surface area contributed by atoms with E-state index < -0.39 is 0 Å². The molecule has 2 heterocycles. The van der Waals surface area contributed by atoms with Crippen molar-refractivity contribution in [3.05, 3.63) is 18.2 Å². The molecule has 0 aromatic carbocycles. The monoisotopic (exact) mass is 252 g/mol. The first-order valence-corrected chi connectivity index (χ1v) is 6.78. The zero-order chi connectivity index (χ0) is 13.0. The predicted octanol–water partition coefficient (Wildman–Crippen LogP) is 0.921. The van der Waals surface area contributed by atoms with Crippen molar-refractivity contribution in [3.8, 4) is 0 Å². The Morgan fingerprint density at radius 3 is 2.72 bits per heavy atom. The average Bonchev–Trinajstić information content (AvgIpc) is 2.79. The molecule has 1 aliphatic heterocycles. The van der Waals surface area contributed by atoms with Crippen LogP contribution in [0.25, 0.3) is 0 Å². The second-order valence-corrected chi connectivity index (χ2v) is 4.87. The van der Waals surface area contributed by atoms with Crippen LogP contribution in [-0.4, -0.2) is 46.8 Å². The molecule has 5 nitrogen and oxygen atoms in total. The minimum atomic E-state index is 0.278. The Balaban J connectivity index is 1.97. The van der Waals surface area contributed by atoms with Gasteiger partial charge in [-0.25, -0.2) is 4.98 Å². The molecule has 1 saturated heterocycles. The van der Waals surface area contributed by atoms with Crippen molar-refractivity contribution in [3.63, 3.8) is 0 Å². The number of nitrogens with two attached hydrogens (primary N) is 1. The zero-order valence-electron chi connectivity index (χ0n) is 11.4. The van der Waals surface area contributed by atoms with Crippen LogP contribution in [0.5, 0.6) is 0 Å². The van der Waals surface area contributed by atoms with E-state index >= 15 is 0 Å². The van der Waals surface area contributed by atoms with Crippen molar-refractivity contribution >= 4 is 0 Å². The molecule has 18 heavy (non-hydrogen) atoms. The molecule has 0 radical (unpaired) electrons. The van der Waals surface area contributed by atoms with E-state index in [2.05, 4.69) is 21.4 Å². The van der Waals surface area contributed by atoms with E-state index in [4.69, 9.17) is 10.5 Å². The Morgan fingerprint density at radius 2 is 2.22 bits per heavy atom. The first-order chi connectivity index (χ1) is 8.76. The van der Waals surface area contributed by atoms with Crippen LogP contribution in [0.4, 0.5) is 0 Å². The number of imidazole rings is 1. The minimum absolute atomic E-state index is 0.278. The number of hydrogen-bond acceptors (Lipinski definition) is 4. The van der Waals surface area contributed by atoms with Gasteiger partial charge >= 0.3 is 0 Å². The third-order valence-corrected chi connectivity index (χ3v) is 3.74. The van der Waals surface area contributed by atoms with E-state index in [1.165, 1.54) is 5.69 Å². The standard InChI is InChI=1S/C13H24N4O/c1-3-18-11-4-6-17(7-5-11)12(8-14)13-9-15-10-16(13)2/h9-12H,3-8,14H2,1-2H3. The lowest BCUT2D eigenvalue weighted by Crippen LogP contribution is -2.42. The molecule has 1 atom stereocenters. The molecule has 102 valence electrons. The molecule has 1 aromatic rings. The van der Waals surface area contributed by atoms with Gasteiger partial charge in [0.25, 0.3) is 0 Å². The molecular formula is C13H24N4O. The van der Waals surface area contributed by atoms with Gasteiger partial charge in [-0.1, -0.05) is 0 Å². The van der Waals surface area contributed by atoms with Gasteiger partial charge in [-0.2, -0.15) is 0 Å². The third kappa shape index (κ3) is 2.91. The fraction of sp³-hybridized carbons (Fsp3) is 0.769. The highest BCUT2D eigenvalue weighted by Gasteiger charge is 2.26. The van der Waals surface area contributed by atoms with Gasteiger partial charge in [-0.3, -0.25) is 4.90 Å². The number of aromatic nitrogens is 2. The summed E-state index contributed by atoms with van der Waals surface area (Å²) in [4.78, 5) is 6.64. The number of aryl methyl sites for hydroxylation is 1. The van der Waals surface area contributed by atoms with Gasteiger partial charge in [-0.15, -0.1) is 0 Å². The summed E-state index contributed by atoms with van der Waals surface area (Å²) < 4.78 is 7.75. The van der Waals surface area contributed by atoms with Crippen molar-refractivity contribution in [2.75, 3.05) is 26.2 Å². The molecule has 0 spiro atoms. The van der Waals surface area contributed by atoms with Crippen LogP contribution in [0.15, 0.2) is 12.5 Å². The van der Waals surface area contributed by atoms with Gasteiger partial charge in [-0.05, 0) is 19.8 Å². The predicted molar refractivity (Wildman–Crippen MR) is 71.2 cm³/mol. The summed E-state index contributed by atoms with van der Waals surface area (Å²) in [6, 6.07) is 0.278. The molecule has 1 aliphatic rings. The van der Waals surface area contributed by atoms with Crippen LogP contribution in [0.2, 0.25) is 0 Å². The van der Waals surface area contributed by atoms with Crippen molar-refractivity contribution in [1.29, 1.82) is 0 Å². The van der Waals surface area contributed by atoms with Gasteiger partial charge in [0.05, 0.1) is 24.2 Å². The van der Waals surface area contributed by atoms with Crippen molar-refractivity contribution in [1.82, 2.24) is 14.5 Å². The summed E-state index contributed by atoms with van der Waals surface area (Å²) in [5.41, 5.74) is 7.14. The maximum absolute atomic E-state index is 5.94.